The van der Waals surface area contributed by atoms with E-state index in [0.29, 0.717) is 43.1 Å². The van der Waals surface area contributed by atoms with Gasteiger partial charge in [-0.3, -0.25) is 9.36 Å². The second kappa shape index (κ2) is 10.7. The minimum atomic E-state index is -0.342. The molecule has 2 saturated heterocycles. The lowest BCUT2D eigenvalue weighted by molar-refractivity contribution is -0.113. The molecule has 1 aromatic heterocycles. The van der Waals surface area contributed by atoms with Crippen LogP contribution in [0.1, 0.15) is 18.4 Å². The lowest BCUT2D eigenvalue weighted by atomic mass is 10.1. The fourth-order valence-corrected chi connectivity index (χ4v) is 5.19. The van der Waals surface area contributed by atoms with Crippen LogP contribution in [0.4, 0.5) is 21.7 Å². The molecule has 0 atom stereocenters. The van der Waals surface area contributed by atoms with Crippen molar-refractivity contribution in [1.82, 2.24) is 14.8 Å². The number of ether oxygens (including phenoxy) is 1. The number of morpholine rings is 1. The number of aromatic nitrogens is 3. The molecule has 0 aliphatic carbocycles. The molecule has 3 aromatic rings. The van der Waals surface area contributed by atoms with Gasteiger partial charge in [0, 0.05) is 37.6 Å². The quantitative estimate of drug-likeness (QED) is 0.498. The maximum Gasteiger partial charge on any atom is 0.234 e. The summed E-state index contributed by atoms with van der Waals surface area (Å²) in [6, 6.07) is 12.5. The van der Waals surface area contributed by atoms with Crippen LogP contribution in [-0.2, 0) is 9.53 Å². The summed E-state index contributed by atoms with van der Waals surface area (Å²) in [5.74, 6) is 0.304. The van der Waals surface area contributed by atoms with Crippen LogP contribution in [0.25, 0.3) is 5.69 Å². The van der Waals surface area contributed by atoms with E-state index in [1.54, 1.807) is 6.07 Å². The highest BCUT2D eigenvalue weighted by molar-refractivity contribution is 7.99. The predicted molar refractivity (Wildman–Crippen MR) is 136 cm³/mol. The molecule has 1 amide bonds. The van der Waals surface area contributed by atoms with E-state index in [4.69, 9.17) is 4.74 Å². The standard InChI is InChI=1S/C25H29FN6O2S/c1-18-15-20(30-9-2-3-10-30)7-8-22(18)27-23(33)17-35-25-29-28-24(31-11-13-34-14-12-31)32(25)21-6-4-5-19(26)16-21/h4-8,15-16H,2-3,9-14,17H2,1H3,(H,27,33). The van der Waals surface area contributed by atoms with Crippen LogP contribution < -0.4 is 15.1 Å². The van der Waals surface area contributed by atoms with Crippen molar-refractivity contribution in [3.05, 3.63) is 53.8 Å². The van der Waals surface area contributed by atoms with Crippen LogP contribution in [-0.4, -0.2) is 65.8 Å². The van der Waals surface area contributed by atoms with E-state index < -0.39 is 0 Å². The Labute approximate surface area is 208 Å². The highest BCUT2D eigenvalue weighted by Crippen LogP contribution is 2.29. The molecule has 0 unspecified atom stereocenters. The molecule has 0 saturated carbocycles. The number of nitrogens with zero attached hydrogens (tertiary/aromatic N) is 5. The fraction of sp³-hybridized carbons (Fsp3) is 0.400. The number of amides is 1. The zero-order valence-electron chi connectivity index (χ0n) is 19.7. The Hall–Kier alpha value is -3.11. The summed E-state index contributed by atoms with van der Waals surface area (Å²) < 4.78 is 21.3. The van der Waals surface area contributed by atoms with Gasteiger partial charge in [-0.05, 0) is 61.7 Å². The normalized spacial score (nSPS) is 16.1. The fourth-order valence-electron chi connectivity index (χ4n) is 4.44. The number of hydrogen-bond acceptors (Lipinski definition) is 7. The molecule has 2 fully saturated rings. The molecule has 0 spiro atoms. The van der Waals surface area contributed by atoms with Gasteiger partial charge in [0.1, 0.15) is 5.82 Å². The van der Waals surface area contributed by atoms with Gasteiger partial charge in [-0.25, -0.2) is 4.39 Å². The zero-order valence-corrected chi connectivity index (χ0v) is 20.6. The average molecular weight is 497 g/mol. The van der Waals surface area contributed by atoms with Crippen molar-refractivity contribution in [1.29, 1.82) is 0 Å². The summed E-state index contributed by atoms with van der Waals surface area (Å²) in [5, 5.41) is 12.3. The first-order valence-electron chi connectivity index (χ1n) is 11.9. The van der Waals surface area contributed by atoms with E-state index in [1.165, 1.54) is 42.4 Å². The van der Waals surface area contributed by atoms with Crippen molar-refractivity contribution in [2.45, 2.75) is 24.9 Å². The first kappa shape index (κ1) is 23.6. The first-order chi connectivity index (χ1) is 17.1. The molecule has 0 radical (unpaired) electrons. The summed E-state index contributed by atoms with van der Waals surface area (Å²) in [4.78, 5) is 17.2. The molecular formula is C25H29FN6O2S. The van der Waals surface area contributed by atoms with E-state index in [9.17, 15) is 9.18 Å². The van der Waals surface area contributed by atoms with Gasteiger partial charge in [-0.15, -0.1) is 10.2 Å². The van der Waals surface area contributed by atoms with Crippen molar-refractivity contribution < 1.29 is 13.9 Å². The van der Waals surface area contributed by atoms with Crippen molar-refractivity contribution in [2.24, 2.45) is 0 Å². The van der Waals surface area contributed by atoms with Crippen LogP contribution in [0.5, 0.6) is 0 Å². The van der Waals surface area contributed by atoms with Crippen LogP contribution in [0.2, 0.25) is 0 Å². The van der Waals surface area contributed by atoms with Gasteiger partial charge < -0.3 is 19.9 Å². The van der Waals surface area contributed by atoms with E-state index in [0.717, 1.165) is 24.3 Å². The molecule has 2 aliphatic heterocycles. The van der Waals surface area contributed by atoms with Crippen LogP contribution in [0.3, 0.4) is 0 Å². The van der Waals surface area contributed by atoms with Gasteiger partial charge in [0.05, 0.1) is 24.7 Å². The van der Waals surface area contributed by atoms with Crippen LogP contribution in [0.15, 0.2) is 47.6 Å². The molecule has 2 aliphatic rings. The van der Waals surface area contributed by atoms with Crippen molar-refractivity contribution in [3.8, 4) is 5.69 Å². The number of benzene rings is 2. The number of rotatable bonds is 7. The van der Waals surface area contributed by atoms with E-state index in [2.05, 4.69) is 37.4 Å². The Bertz CT molecular complexity index is 1190. The van der Waals surface area contributed by atoms with Gasteiger partial charge in [-0.1, -0.05) is 17.8 Å². The number of halogens is 1. The lowest BCUT2D eigenvalue weighted by Gasteiger charge is -2.27. The zero-order chi connectivity index (χ0) is 24.2. The maximum absolute atomic E-state index is 14.0. The largest absolute Gasteiger partial charge is 0.378 e. The molecule has 35 heavy (non-hydrogen) atoms. The third-order valence-electron chi connectivity index (χ3n) is 6.26. The molecule has 3 heterocycles. The van der Waals surface area contributed by atoms with Gasteiger partial charge >= 0.3 is 0 Å². The number of nitrogens with one attached hydrogen (secondary N) is 1. The van der Waals surface area contributed by atoms with Gasteiger partial charge in [0.15, 0.2) is 5.16 Å². The van der Waals surface area contributed by atoms with E-state index >= 15 is 0 Å². The molecule has 184 valence electrons. The lowest BCUT2D eigenvalue weighted by Crippen LogP contribution is -2.37. The van der Waals surface area contributed by atoms with E-state index in [1.807, 2.05) is 23.6 Å². The van der Waals surface area contributed by atoms with Gasteiger partial charge in [-0.2, -0.15) is 0 Å². The Morgan fingerprint density at radius 1 is 1.03 bits per heavy atom. The number of carbonyl (C=O) groups is 1. The molecule has 1 N–H and O–H groups in total. The molecular weight excluding hydrogens is 467 g/mol. The Kier molecular flexibility index (Phi) is 7.19. The molecule has 8 nitrogen and oxygen atoms in total. The smallest absolute Gasteiger partial charge is 0.234 e. The van der Waals surface area contributed by atoms with Crippen LogP contribution in [0, 0.1) is 12.7 Å². The first-order valence-corrected chi connectivity index (χ1v) is 12.9. The Balaban J connectivity index is 1.30. The van der Waals surface area contributed by atoms with Crippen molar-refractivity contribution in [2.75, 3.05) is 60.3 Å². The summed E-state index contributed by atoms with van der Waals surface area (Å²) in [6.45, 7) is 6.71. The van der Waals surface area contributed by atoms with Gasteiger partial charge in [0.2, 0.25) is 11.9 Å². The molecule has 5 rings (SSSR count). The van der Waals surface area contributed by atoms with E-state index in [-0.39, 0.29) is 17.5 Å². The van der Waals surface area contributed by atoms with Crippen LogP contribution >= 0.6 is 11.8 Å². The predicted octanol–water partition coefficient (Wildman–Crippen LogP) is 3.88. The highest BCUT2D eigenvalue weighted by Gasteiger charge is 2.23. The second-order valence-electron chi connectivity index (χ2n) is 8.73. The number of carbonyl (C=O) groups excluding carboxylic acids is 1. The Morgan fingerprint density at radius 3 is 2.57 bits per heavy atom. The molecule has 2 aromatic carbocycles. The maximum atomic E-state index is 14.0. The third kappa shape index (κ3) is 5.43. The molecule has 0 bridgehead atoms. The monoisotopic (exact) mass is 496 g/mol. The summed E-state index contributed by atoms with van der Waals surface area (Å²) in [5.41, 5.74) is 3.66. The number of thioether (sulfide) groups is 1. The summed E-state index contributed by atoms with van der Waals surface area (Å²) in [6.07, 6.45) is 2.45. The van der Waals surface area contributed by atoms with Gasteiger partial charge in [0.25, 0.3) is 0 Å². The average Bonchev–Trinajstić information content (AvgIpc) is 3.55. The topological polar surface area (TPSA) is 75.5 Å². The Morgan fingerprint density at radius 2 is 1.83 bits per heavy atom. The molecule has 10 heteroatoms. The minimum Gasteiger partial charge on any atom is -0.378 e. The highest BCUT2D eigenvalue weighted by atomic mass is 32.2. The van der Waals surface area contributed by atoms with Crippen molar-refractivity contribution in [3.63, 3.8) is 0 Å². The summed E-state index contributed by atoms with van der Waals surface area (Å²) in [7, 11) is 0. The number of anilines is 3. The second-order valence-corrected chi connectivity index (χ2v) is 9.67. The number of aryl methyl sites for hydroxylation is 1. The SMILES string of the molecule is Cc1cc(N2CCCC2)ccc1NC(=O)CSc1nnc(N2CCOCC2)n1-c1cccc(F)c1. The third-order valence-corrected chi connectivity index (χ3v) is 7.19. The number of hydrogen-bond donors (Lipinski definition) is 1. The minimum absolute atomic E-state index is 0.131. The summed E-state index contributed by atoms with van der Waals surface area (Å²) >= 11 is 1.28. The van der Waals surface area contributed by atoms with Crippen molar-refractivity contribution >= 4 is 35.0 Å².